The molecule has 10 aromatic carbocycles. The van der Waals surface area contributed by atoms with Crippen LogP contribution in [0, 0.1) is 0 Å². The Morgan fingerprint density at radius 3 is 0.940 bits per heavy atom. The van der Waals surface area contributed by atoms with Crippen LogP contribution in [0.15, 0.2) is 194 Å². The molecule has 0 saturated heterocycles. The first-order chi connectivity index (χ1) is 24.8. The summed E-state index contributed by atoms with van der Waals surface area (Å²) in [6.45, 7) is 0. The van der Waals surface area contributed by atoms with Gasteiger partial charge in [0, 0.05) is 0 Å². The zero-order valence-corrected chi connectivity index (χ0v) is 27.5. The molecule has 0 aliphatic carbocycles. The first-order valence-electron chi connectivity index (χ1n) is 17.3. The largest absolute Gasteiger partial charge is 0.0616 e. The summed E-state index contributed by atoms with van der Waals surface area (Å²) in [6.07, 6.45) is 0. The van der Waals surface area contributed by atoms with Crippen LogP contribution >= 0.6 is 0 Å². The Bertz CT molecular complexity index is 2680. The zero-order chi connectivity index (χ0) is 33.0. The lowest BCUT2D eigenvalue weighted by Gasteiger charge is -2.17. The number of hydrogen-bond acceptors (Lipinski definition) is 0. The van der Waals surface area contributed by atoms with E-state index in [0.717, 1.165) is 0 Å². The van der Waals surface area contributed by atoms with E-state index in [2.05, 4.69) is 194 Å². The van der Waals surface area contributed by atoms with Gasteiger partial charge >= 0.3 is 0 Å². The van der Waals surface area contributed by atoms with Crippen molar-refractivity contribution in [2.24, 2.45) is 0 Å². The van der Waals surface area contributed by atoms with Gasteiger partial charge in [0.2, 0.25) is 0 Å². The van der Waals surface area contributed by atoms with E-state index in [1.165, 1.54) is 98.4 Å². The van der Waals surface area contributed by atoms with Crippen molar-refractivity contribution in [2.45, 2.75) is 0 Å². The number of fused-ring (bicyclic) bond motifs is 7. The van der Waals surface area contributed by atoms with Gasteiger partial charge in [0.25, 0.3) is 0 Å². The van der Waals surface area contributed by atoms with E-state index in [9.17, 15) is 0 Å². The summed E-state index contributed by atoms with van der Waals surface area (Å²) in [5, 5.41) is 12.8. The minimum atomic E-state index is 1.22. The molecular weight excluding hydrogens is 601 g/mol. The Morgan fingerprint density at radius 2 is 0.520 bits per heavy atom. The van der Waals surface area contributed by atoms with E-state index >= 15 is 0 Å². The Kier molecular flexibility index (Phi) is 6.60. The smallest absolute Gasteiger partial charge is 0.00259 e. The van der Waals surface area contributed by atoms with Gasteiger partial charge in [-0.3, -0.25) is 0 Å². The Labute approximate surface area is 291 Å². The van der Waals surface area contributed by atoms with Gasteiger partial charge in [-0.15, -0.1) is 0 Å². The van der Waals surface area contributed by atoms with Crippen molar-refractivity contribution in [3.05, 3.63) is 194 Å². The molecule has 0 N–H and O–H groups in total. The molecule has 0 unspecified atom stereocenters. The third-order valence-electron chi connectivity index (χ3n) is 10.5. The molecule has 0 amide bonds. The lowest BCUT2D eigenvalue weighted by Crippen LogP contribution is -1.89. The van der Waals surface area contributed by atoms with Crippen LogP contribution in [0.4, 0.5) is 0 Å². The van der Waals surface area contributed by atoms with Crippen LogP contribution in [-0.2, 0) is 0 Å². The van der Waals surface area contributed by atoms with E-state index in [-0.39, 0.29) is 0 Å². The second kappa shape index (κ2) is 11.6. The molecule has 10 rings (SSSR count). The fourth-order valence-corrected chi connectivity index (χ4v) is 8.07. The maximum absolute atomic E-state index is 2.41. The molecule has 0 saturated carbocycles. The predicted molar refractivity (Wildman–Crippen MR) is 216 cm³/mol. The minimum Gasteiger partial charge on any atom is -0.0616 e. The minimum absolute atomic E-state index is 1.22. The van der Waals surface area contributed by atoms with Crippen molar-refractivity contribution in [2.75, 3.05) is 0 Å². The van der Waals surface area contributed by atoms with Crippen LogP contribution in [0.25, 0.3) is 98.4 Å². The van der Waals surface area contributed by atoms with Gasteiger partial charge < -0.3 is 0 Å². The van der Waals surface area contributed by atoms with Crippen molar-refractivity contribution in [1.29, 1.82) is 0 Å². The molecule has 0 aliphatic rings. The molecular formula is C50H32. The van der Waals surface area contributed by atoms with Gasteiger partial charge in [-0.25, -0.2) is 0 Å². The SMILES string of the molecule is c1ccc2c(-c3ccc(-c4cc5cc(-c6ccc(-c7cccc8ccccc78)cc6)c6ccccc6c5c5ccccc45)cc3)cccc2c1. The van der Waals surface area contributed by atoms with Gasteiger partial charge in [-0.1, -0.05) is 182 Å². The molecule has 0 heteroatoms. The molecule has 0 heterocycles. The highest BCUT2D eigenvalue weighted by Crippen LogP contribution is 2.43. The summed E-state index contributed by atoms with van der Waals surface area (Å²) in [6, 6.07) is 71.3. The fourth-order valence-electron chi connectivity index (χ4n) is 8.07. The molecule has 0 spiro atoms. The van der Waals surface area contributed by atoms with Gasteiger partial charge in [-0.05, 0) is 111 Å². The van der Waals surface area contributed by atoms with Crippen LogP contribution in [0.5, 0.6) is 0 Å². The Hall–Kier alpha value is -6.50. The summed E-state index contributed by atoms with van der Waals surface area (Å²) in [5.41, 5.74) is 9.95. The van der Waals surface area contributed by atoms with Crippen molar-refractivity contribution >= 4 is 53.9 Å². The lowest BCUT2D eigenvalue weighted by molar-refractivity contribution is 1.62. The molecule has 0 aromatic heterocycles. The zero-order valence-electron chi connectivity index (χ0n) is 27.5. The van der Waals surface area contributed by atoms with Gasteiger partial charge in [0.15, 0.2) is 0 Å². The monoisotopic (exact) mass is 632 g/mol. The second-order valence-corrected chi connectivity index (χ2v) is 13.2. The summed E-state index contributed by atoms with van der Waals surface area (Å²) < 4.78 is 0. The average Bonchev–Trinajstić information content (AvgIpc) is 3.20. The summed E-state index contributed by atoms with van der Waals surface area (Å²) in [4.78, 5) is 0. The maximum Gasteiger partial charge on any atom is -0.00259 e. The average molecular weight is 633 g/mol. The van der Waals surface area contributed by atoms with Crippen molar-refractivity contribution in [3.8, 4) is 44.5 Å². The van der Waals surface area contributed by atoms with E-state index in [1.807, 2.05) is 0 Å². The van der Waals surface area contributed by atoms with Crippen LogP contribution in [0.2, 0.25) is 0 Å². The number of hydrogen-bond donors (Lipinski definition) is 0. The maximum atomic E-state index is 2.41. The van der Waals surface area contributed by atoms with Crippen LogP contribution in [-0.4, -0.2) is 0 Å². The molecule has 0 bridgehead atoms. The third kappa shape index (κ3) is 4.61. The van der Waals surface area contributed by atoms with Crippen LogP contribution in [0.1, 0.15) is 0 Å². The summed E-state index contributed by atoms with van der Waals surface area (Å²) in [5.74, 6) is 0. The van der Waals surface area contributed by atoms with Crippen LogP contribution in [0.3, 0.4) is 0 Å². The van der Waals surface area contributed by atoms with Crippen molar-refractivity contribution < 1.29 is 0 Å². The standard InChI is InChI=1S/C50H32/c1-3-15-40-33(11-1)13-9-21-42(40)35-23-27-37(28-24-35)48-31-39-32-49(45-18-6-8-20-47(45)50(39)46-19-7-5-17-44(46)48)38-29-25-36(26-30-38)43-22-10-14-34-12-2-4-16-41(34)43/h1-32H. The molecule has 0 nitrogen and oxygen atoms in total. The highest BCUT2D eigenvalue weighted by molar-refractivity contribution is 6.25. The Morgan fingerprint density at radius 1 is 0.200 bits per heavy atom. The third-order valence-corrected chi connectivity index (χ3v) is 10.5. The summed E-state index contributed by atoms with van der Waals surface area (Å²) in [7, 11) is 0. The molecule has 0 radical (unpaired) electrons. The van der Waals surface area contributed by atoms with Crippen molar-refractivity contribution in [3.63, 3.8) is 0 Å². The summed E-state index contributed by atoms with van der Waals surface area (Å²) >= 11 is 0. The molecule has 50 heavy (non-hydrogen) atoms. The van der Waals surface area contributed by atoms with E-state index in [4.69, 9.17) is 0 Å². The molecule has 0 aliphatic heterocycles. The van der Waals surface area contributed by atoms with Crippen molar-refractivity contribution in [1.82, 2.24) is 0 Å². The van der Waals surface area contributed by atoms with E-state index < -0.39 is 0 Å². The van der Waals surface area contributed by atoms with Gasteiger partial charge in [-0.2, -0.15) is 0 Å². The second-order valence-electron chi connectivity index (χ2n) is 13.2. The molecule has 0 fully saturated rings. The predicted octanol–water partition coefficient (Wildman–Crippen LogP) is 14.1. The van der Waals surface area contributed by atoms with Gasteiger partial charge in [0.1, 0.15) is 0 Å². The lowest BCUT2D eigenvalue weighted by atomic mass is 9.87. The fraction of sp³-hybridized carbons (Fsp3) is 0. The highest BCUT2D eigenvalue weighted by atomic mass is 14.2. The topological polar surface area (TPSA) is 0 Å². The van der Waals surface area contributed by atoms with E-state index in [1.54, 1.807) is 0 Å². The normalized spacial score (nSPS) is 11.6. The number of benzene rings is 10. The van der Waals surface area contributed by atoms with Gasteiger partial charge in [0.05, 0.1) is 0 Å². The Balaban J connectivity index is 1.13. The highest BCUT2D eigenvalue weighted by Gasteiger charge is 2.15. The molecule has 232 valence electrons. The van der Waals surface area contributed by atoms with Crippen LogP contribution < -0.4 is 0 Å². The quantitative estimate of drug-likeness (QED) is 0.169. The number of rotatable bonds is 4. The first kappa shape index (κ1) is 28.5. The first-order valence-corrected chi connectivity index (χ1v) is 17.3. The molecule has 0 atom stereocenters. The molecule has 10 aromatic rings. The van der Waals surface area contributed by atoms with E-state index in [0.29, 0.717) is 0 Å².